The van der Waals surface area contributed by atoms with Crippen LogP contribution < -0.4 is 10.2 Å². The largest absolute Gasteiger partial charge is 0.497 e. The lowest BCUT2D eigenvalue weighted by Gasteiger charge is -2.03. The van der Waals surface area contributed by atoms with Crippen molar-refractivity contribution in [3.8, 4) is 5.75 Å². The second kappa shape index (κ2) is 5.90. The third kappa shape index (κ3) is 3.38. The number of methoxy groups -OCH3 is 1. The van der Waals surface area contributed by atoms with Crippen LogP contribution in [0.4, 0.5) is 0 Å². The molecular formula is C12H16N2O2. The quantitative estimate of drug-likeness (QED) is 0.624. The van der Waals surface area contributed by atoms with Crippen molar-refractivity contribution in [3.63, 3.8) is 0 Å². The second-order valence-electron chi connectivity index (χ2n) is 3.37. The molecule has 86 valence electrons. The molecule has 0 heterocycles. The summed E-state index contributed by atoms with van der Waals surface area (Å²) < 4.78 is 5.04. The summed E-state index contributed by atoms with van der Waals surface area (Å²) in [6, 6.07) is 6.95. The van der Waals surface area contributed by atoms with E-state index in [-0.39, 0.29) is 5.91 Å². The van der Waals surface area contributed by atoms with Crippen LogP contribution >= 0.6 is 0 Å². The fourth-order valence-corrected chi connectivity index (χ4v) is 1.05. The number of rotatable bonds is 4. The van der Waals surface area contributed by atoms with Gasteiger partial charge in [0.15, 0.2) is 0 Å². The number of amides is 1. The number of hydrogen-bond acceptors (Lipinski definition) is 3. The van der Waals surface area contributed by atoms with E-state index in [0.29, 0.717) is 11.3 Å². The standard InChI is InChI=1S/C12H16N2O2/c1-4-9(2)13-14-12(15)10-6-5-7-11(8-10)16-3/h5-8H,4H2,1-3H3,(H,14,15). The lowest BCUT2D eigenvalue weighted by atomic mass is 10.2. The average Bonchev–Trinajstić information content (AvgIpc) is 2.35. The first-order valence-electron chi connectivity index (χ1n) is 5.15. The summed E-state index contributed by atoms with van der Waals surface area (Å²) in [5.74, 6) is 0.426. The van der Waals surface area contributed by atoms with E-state index in [2.05, 4.69) is 10.5 Å². The molecule has 0 bridgehead atoms. The van der Waals surface area contributed by atoms with E-state index in [1.54, 1.807) is 31.4 Å². The van der Waals surface area contributed by atoms with Gasteiger partial charge in [0.25, 0.3) is 5.91 Å². The number of carbonyl (C=O) groups is 1. The van der Waals surface area contributed by atoms with E-state index in [1.807, 2.05) is 13.8 Å². The van der Waals surface area contributed by atoms with Gasteiger partial charge >= 0.3 is 0 Å². The van der Waals surface area contributed by atoms with E-state index in [4.69, 9.17) is 4.74 Å². The molecule has 0 aliphatic carbocycles. The summed E-state index contributed by atoms with van der Waals surface area (Å²) >= 11 is 0. The van der Waals surface area contributed by atoms with Gasteiger partial charge in [0.1, 0.15) is 5.75 Å². The summed E-state index contributed by atoms with van der Waals surface area (Å²) in [6.45, 7) is 3.85. The molecule has 0 saturated carbocycles. The first kappa shape index (κ1) is 12.2. The second-order valence-corrected chi connectivity index (χ2v) is 3.37. The van der Waals surface area contributed by atoms with Gasteiger partial charge in [-0.25, -0.2) is 5.43 Å². The van der Waals surface area contributed by atoms with Crippen molar-refractivity contribution < 1.29 is 9.53 Å². The van der Waals surface area contributed by atoms with Crippen molar-refractivity contribution in [2.24, 2.45) is 5.10 Å². The number of ether oxygens (including phenoxy) is 1. The molecule has 0 unspecified atom stereocenters. The fraction of sp³-hybridized carbons (Fsp3) is 0.333. The molecule has 1 N–H and O–H groups in total. The van der Waals surface area contributed by atoms with Gasteiger partial charge in [-0.15, -0.1) is 0 Å². The predicted molar refractivity (Wildman–Crippen MR) is 63.9 cm³/mol. The van der Waals surface area contributed by atoms with Crippen LogP contribution in [0, 0.1) is 0 Å². The van der Waals surface area contributed by atoms with Crippen LogP contribution in [0.3, 0.4) is 0 Å². The number of hydrazone groups is 1. The highest BCUT2D eigenvalue weighted by Gasteiger charge is 2.05. The van der Waals surface area contributed by atoms with E-state index in [1.165, 1.54) is 0 Å². The molecule has 0 spiro atoms. The molecule has 4 heteroatoms. The van der Waals surface area contributed by atoms with E-state index in [9.17, 15) is 4.79 Å². The number of hydrogen-bond donors (Lipinski definition) is 1. The Morgan fingerprint density at radius 1 is 1.50 bits per heavy atom. The molecule has 1 aromatic carbocycles. The molecule has 0 atom stereocenters. The van der Waals surface area contributed by atoms with E-state index < -0.39 is 0 Å². The molecular weight excluding hydrogens is 204 g/mol. The van der Waals surface area contributed by atoms with Gasteiger partial charge < -0.3 is 4.74 Å². The Labute approximate surface area is 95.3 Å². The Bertz CT molecular complexity index is 400. The molecule has 0 aliphatic rings. The monoisotopic (exact) mass is 220 g/mol. The fourth-order valence-electron chi connectivity index (χ4n) is 1.05. The zero-order valence-electron chi connectivity index (χ0n) is 9.78. The summed E-state index contributed by atoms with van der Waals surface area (Å²) in [5, 5.41) is 3.95. The van der Waals surface area contributed by atoms with Gasteiger partial charge in [0.2, 0.25) is 0 Å². The highest BCUT2D eigenvalue weighted by Crippen LogP contribution is 2.12. The zero-order valence-corrected chi connectivity index (χ0v) is 9.78. The van der Waals surface area contributed by atoms with Crippen LogP contribution in [0.2, 0.25) is 0 Å². The third-order valence-corrected chi connectivity index (χ3v) is 2.19. The van der Waals surface area contributed by atoms with Crippen LogP contribution in [0.25, 0.3) is 0 Å². The van der Waals surface area contributed by atoms with Crippen LogP contribution in [-0.4, -0.2) is 18.7 Å². The first-order chi connectivity index (χ1) is 7.67. The number of nitrogens with zero attached hydrogens (tertiary/aromatic N) is 1. The topological polar surface area (TPSA) is 50.7 Å². The predicted octanol–water partition coefficient (Wildman–Crippen LogP) is 2.21. The van der Waals surface area contributed by atoms with E-state index in [0.717, 1.165) is 12.1 Å². The highest BCUT2D eigenvalue weighted by atomic mass is 16.5. The van der Waals surface area contributed by atoms with Gasteiger partial charge in [-0.3, -0.25) is 4.79 Å². The van der Waals surface area contributed by atoms with E-state index >= 15 is 0 Å². The Hall–Kier alpha value is -1.84. The zero-order chi connectivity index (χ0) is 12.0. The molecule has 1 rings (SSSR count). The Kier molecular flexibility index (Phi) is 4.51. The number of carbonyl (C=O) groups excluding carboxylic acids is 1. The summed E-state index contributed by atoms with van der Waals surface area (Å²) in [4.78, 5) is 11.7. The van der Waals surface area contributed by atoms with Crippen LogP contribution in [0.1, 0.15) is 30.6 Å². The Morgan fingerprint density at radius 3 is 2.88 bits per heavy atom. The molecule has 0 aromatic heterocycles. The molecule has 0 radical (unpaired) electrons. The summed E-state index contributed by atoms with van der Waals surface area (Å²) in [6.07, 6.45) is 0.818. The first-order valence-corrected chi connectivity index (χ1v) is 5.15. The lowest BCUT2D eigenvalue weighted by Crippen LogP contribution is -2.18. The Morgan fingerprint density at radius 2 is 2.25 bits per heavy atom. The molecule has 0 fully saturated rings. The smallest absolute Gasteiger partial charge is 0.271 e. The van der Waals surface area contributed by atoms with Gasteiger partial charge in [0, 0.05) is 11.3 Å². The van der Waals surface area contributed by atoms with Crippen molar-refractivity contribution in [2.75, 3.05) is 7.11 Å². The minimum atomic E-state index is -0.230. The van der Waals surface area contributed by atoms with Gasteiger partial charge in [0.05, 0.1) is 7.11 Å². The lowest BCUT2D eigenvalue weighted by molar-refractivity contribution is 0.0954. The SMILES string of the molecule is CCC(C)=NNC(=O)c1cccc(OC)c1. The minimum absolute atomic E-state index is 0.230. The molecule has 0 saturated heterocycles. The average molecular weight is 220 g/mol. The summed E-state index contributed by atoms with van der Waals surface area (Å²) in [5.41, 5.74) is 3.91. The molecule has 16 heavy (non-hydrogen) atoms. The third-order valence-electron chi connectivity index (χ3n) is 2.19. The van der Waals surface area contributed by atoms with Gasteiger partial charge in [-0.05, 0) is 31.5 Å². The Balaban J connectivity index is 2.73. The maximum atomic E-state index is 11.7. The minimum Gasteiger partial charge on any atom is -0.497 e. The van der Waals surface area contributed by atoms with Crippen LogP contribution in [0.5, 0.6) is 5.75 Å². The maximum absolute atomic E-state index is 11.7. The molecule has 4 nitrogen and oxygen atoms in total. The molecule has 1 amide bonds. The van der Waals surface area contributed by atoms with Crippen LogP contribution in [-0.2, 0) is 0 Å². The molecule has 1 aromatic rings. The van der Waals surface area contributed by atoms with Crippen molar-refractivity contribution in [1.29, 1.82) is 0 Å². The van der Waals surface area contributed by atoms with Crippen LogP contribution in [0.15, 0.2) is 29.4 Å². The van der Waals surface area contributed by atoms with Crippen molar-refractivity contribution in [1.82, 2.24) is 5.43 Å². The van der Waals surface area contributed by atoms with Crippen molar-refractivity contribution in [2.45, 2.75) is 20.3 Å². The number of nitrogens with one attached hydrogen (secondary N) is 1. The van der Waals surface area contributed by atoms with Crippen molar-refractivity contribution in [3.05, 3.63) is 29.8 Å². The summed E-state index contributed by atoms with van der Waals surface area (Å²) in [7, 11) is 1.57. The normalized spacial score (nSPS) is 11.1. The van der Waals surface area contributed by atoms with Crippen molar-refractivity contribution >= 4 is 11.6 Å². The maximum Gasteiger partial charge on any atom is 0.271 e. The molecule has 0 aliphatic heterocycles. The highest BCUT2D eigenvalue weighted by molar-refractivity contribution is 5.95. The number of benzene rings is 1. The van der Waals surface area contributed by atoms with Gasteiger partial charge in [-0.1, -0.05) is 13.0 Å². The van der Waals surface area contributed by atoms with Gasteiger partial charge in [-0.2, -0.15) is 5.10 Å².